The Hall–Kier alpha value is -1.88. The number of nitrogens with zero attached hydrogens (tertiary/aromatic N) is 1. The summed E-state index contributed by atoms with van der Waals surface area (Å²) in [6, 6.07) is 4.97. The molecular formula is C15H17NO4. The van der Waals surface area contributed by atoms with Crippen molar-refractivity contribution in [3.8, 4) is 0 Å². The minimum absolute atomic E-state index is 0.00604. The van der Waals surface area contributed by atoms with Crippen LogP contribution < -0.4 is 4.90 Å². The molecule has 1 aromatic carbocycles. The van der Waals surface area contributed by atoms with E-state index in [2.05, 4.69) is 0 Å². The van der Waals surface area contributed by atoms with E-state index in [-0.39, 0.29) is 17.6 Å². The number of amides is 1. The van der Waals surface area contributed by atoms with Crippen LogP contribution in [-0.4, -0.2) is 36.2 Å². The number of benzene rings is 1. The van der Waals surface area contributed by atoms with E-state index in [9.17, 15) is 9.59 Å². The Kier molecular flexibility index (Phi) is 3.44. The van der Waals surface area contributed by atoms with Gasteiger partial charge in [-0.15, -0.1) is 0 Å². The second-order valence-corrected chi connectivity index (χ2v) is 5.24. The van der Waals surface area contributed by atoms with Crippen molar-refractivity contribution in [2.45, 2.75) is 31.8 Å². The van der Waals surface area contributed by atoms with E-state index in [0.29, 0.717) is 13.2 Å². The Morgan fingerprint density at radius 3 is 2.85 bits per heavy atom. The SMILES string of the molecule is O=C(O)c1ccc2c(c1)CCCN2C(=O)C1CCCO1. The van der Waals surface area contributed by atoms with Crippen LogP contribution in [0.2, 0.25) is 0 Å². The second-order valence-electron chi connectivity index (χ2n) is 5.24. The molecule has 2 heterocycles. The summed E-state index contributed by atoms with van der Waals surface area (Å²) in [5.41, 5.74) is 2.04. The van der Waals surface area contributed by atoms with Crippen LogP contribution in [0.3, 0.4) is 0 Å². The fourth-order valence-corrected chi connectivity index (χ4v) is 2.91. The first kappa shape index (κ1) is 13.1. The van der Waals surface area contributed by atoms with Crippen LogP contribution in [0.1, 0.15) is 35.2 Å². The van der Waals surface area contributed by atoms with E-state index >= 15 is 0 Å². The third-order valence-corrected chi connectivity index (χ3v) is 3.92. The number of hydrogen-bond acceptors (Lipinski definition) is 3. The number of carbonyl (C=O) groups excluding carboxylic acids is 1. The zero-order valence-corrected chi connectivity index (χ0v) is 11.2. The van der Waals surface area contributed by atoms with Crippen LogP contribution in [0.4, 0.5) is 5.69 Å². The number of hydrogen-bond donors (Lipinski definition) is 1. The van der Waals surface area contributed by atoms with Crippen LogP contribution in [0.15, 0.2) is 18.2 Å². The van der Waals surface area contributed by atoms with Crippen LogP contribution in [0.5, 0.6) is 0 Å². The lowest BCUT2D eigenvalue weighted by Gasteiger charge is -2.31. The van der Waals surface area contributed by atoms with E-state index in [1.54, 1.807) is 23.1 Å². The number of aromatic carboxylic acids is 1. The van der Waals surface area contributed by atoms with Gasteiger partial charge < -0.3 is 14.7 Å². The van der Waals surface area contributed by atoms with Gasteiger partial charge in [-0.3, -0.25) is 4.79 Å². The second kappa shape index (κ2) is 5.25. The van der Waals surface area contributed by atoms with Crippen molar-refractivity contribution in [2.24, 2.45) is 0 Å². The summed E-state index contributed by atoms with van der Waals surface area (Å²) in [6.45, 7) is 1.33. The molecule has 20 heavy (non-hydrogen) atoms. The van der Waals surface area contributed by atoms with Gasteiger partial charge in [0.05, 0.1) is 5.56 Å². The van der Waals surface area contributed by atoms with Crippen LogP contribution in [0.25, 0.3) is 0 Å². The van der Waals surface area contributed by atoms with E-state index < -0.39 is 5.97 Å². The summed E-state index contributed by atoms with van der Waals surface area (Å²) in [5, 5.41) is 9.03. The Balaban J connectivity index is 1.89. The van der Waals surface area contributed by atoms with Crippen molar-refractivity contribution in [1.82, 2.24) is 0 Å². The average molecular weight is 275 g/mol. The van der Waals surface area contributed by atoms with Crippen molar-refractivity contribution < 1.29 is 19.4 Å². The van der Waals surface area contributed by atoms with Gasteiger partial charge in [0, 0.05) is 18.8 Å². The molecule has 2 aliphatic heterocycles. The van der Waals surface area contributed by atoms with E-state index in [0.717, 1.165) is 36.9 Å². The maximum Gasteiger partial charge on any atom is 0.335 e. The molecule has 0 spiro atoms. The van der Waals surface area contributed by atoms with E-state index in [1.807, 2.05) is 0 Å². The first-order valence-electron chi connectivity index (χ1n) is 6.96. The fraction of sp³-hybridized carbons (Fsp3) is 0.467. The predicted octanol–water partition coefficient (Wildman–Crippen LogP) is 1.84. The van der Waals surface area contributed by atoms with Gasteiger partial charge in [0.2, 0.25) is 0 Å². The summed E-state index contributed by atoms with van der Waals surface area (Å²) in [6.07, 6.45) is 3.04. The molecule has 0 saturated carbocycles. The summed E-state index contributed by atoms with van der Waals surface area (Å²) >= 11 is 0. The normalized spacial score (nSPS) is 21.6. The van der Waals surface area contributed by atoms with Gasteiger partial charge >= 0.3 is 5.97 Å². The smallest absolute Gasteiger partial charge is 0.335 e. The molecular weight excluding hydrogens is 258 g/mol. The molecule has 1 atom stereocenters. The number of fused-ring (bicyclic) bond motifs is 1. The van der Waals surface area contributed by atoms with Crippen molar-refractivity contribution in [2.75, 3.05) is 18.1 Å². The molecule has 1 saturated heterocycles. The molecule has 1 N–H and O–H groups in total. The highest BCUT2D eigenvalue weighted by molar-refractivity contribution is 5.98. The largest absolute Gasteiger partial charge is 0.478 e. The molecule has 0 radical (unpaired) electrons. The lowest BCUT2D eigenvalue weighted by atomic mass is 9.98. The zero-order chi connectivity index (χ0) is 14.1. The van der Waals surface area contributed by atoms with Crippen LogP contribution >= 0.6 is 0 Å². The molecule has 0 aliphatic carbocycles. The predicted molar refractivity (Wildman–Crippen MR) is 73.0 cm³/mol. The molecule has 1 amide bonds. The summed E-state index contributed by atoms with van der Waals surface area (Å²) in [5.74, 6) is -0.929. The zero-order valence-electron chi connectivity index (χ0n) is 11.2. The quantitative estimate of drug-likeness (QED) is 0.894. The maximum atomic E-state index is 12.5. The lowest BCUT2D eigenvalue weighted by Crippen LogP contribution is -2.42. The monoisotopic (exact) mass is 275 g/mol. The van der Waals surface area contributed by atoms with Gasteiger partial charge in [0.1, 0.15) is 6.10 Å². The summed E-state index contributed by atoms with van der Waals surface area (Å²) in [7, 11) is 0. The van der Waals surface area contributed by atoms with Crippen molar-refractivity contribution >= 4 is 17.6 Å². The Morgan fingerprint density at radius 2 is 2.15 bits per heavy atom. The molecule has 1 unspecified atom stereocenters. The Labute approximate surface area is 117 Å². The third-order valence-electron chi connectivity index (χ3n) is 3.92. The molecule has 0 bridgehead atoms. The summed E-state index contributed by atoms with van der Waals surface area (Å²) < 4.78 is 5.46. The van der Waals surface area contributed by atoms with Gasteiger partial charge in [0.25, 0.3) is 5.91 Å². The highest BCUT2D eigenvalue weighted by Gasteiger charge is 2.31. The Bertz CT molecular complexity index is 549. The van der Waals surface area contributed by atoms with Gasteiger partial charge in [-0.05, 0) is 49.4 Å². The highest BCUT2D eigenvalue weighted by Crippen LogP contribution is 2.30. The molecule has 1 fully saturated rings. The third kappa shape index (κ3) is 2.29. The van der Waals surface area contributed by atoms with Gasteiger partial charge in [-0.25, -0.2) is 4.79 Å². The molecule has 2 aliphatic rings. The lowest BCUT2D eigenvalue weighted by molar-refractivity contribution is -0.127. The minimum atomic E-state index is -0.935. The molecule has 106 valence electrons. The summed E-state index contributed by atoms with van der Waals surface area (Å²) in [4.78, 5) is 25.2. The highest BCUT2D eigenvalue weighted by atomic mass is 16.5. The number of ether oxygens (including phenoxy) is 1. The van der Waals surface area contributed by atoms with Crippen LogP contribution in [0, 0.1) is 0 Å². The van der Waals surface area contributed by atoms with E-state index in [4.69, 9.17) is 9.84 Å². The molecule has 3 rings (SSSR count). The number of carbonyl (C=O) groups is 2. The molecule has 5 heteroatoms. The van der Waals surface area contributed by atoms with E-state index in [1.165, 1.54) is 0 Å². The number of carboxylic acid groups (broad SMARTS) is 1. The number of aryl methyl sites for hydroxylation is 1. The first-order chi connectivity index (χ1) is 9.66. The van der Waals surface area contributed by atoms with Crippen molar-refractivity contribution in [3.05, 3.63) is 29.3 Å². The van der Waals surface area contributed by atoms with Gasteiger partial charge in [-0.2, -0.15) is 0 Å². The maximum absolute atomic E-state index is 12.5. The molecule has 1 aromatic rings. The molecule has 0 aromatic heterocycles. The van der Waals surface area contributed by atoms with Gasteiger partial charge in [-0.1, -0.05) is 0 Å². The van der Waals surface area contributed by atoms with Crippen LogP contribution in [-0.2, 0) is 16.0 Å². The van der Waals surface area contributed by atoms with Crippen molar-refractivity contribution in [3.63, 3.8) is 0 Å². The fourth-order valence-electron chi connectivity index (χ4n) is 2.91. The topological polar surface area (TPSA) is 66.8 Å². The van der Waals surface area contributed by atoms with Crippen molar-refractivity contribution in [1.29, 1.82) is 0 Å². The first-order valence-corrected chi connectivity index (χ1v) is 6.96. The number of carboxylic acids is 1. The standard InChI is InChI=1S/C15H17NO4/c17-14(13-4-2-8-20-13)16-7-1-3-10-9-11(15(18)19)5-6-12(10)16/h5-6,9,13H,1-4,7-8H2,(H,18,19). The number of anilines is 1. The minimum Gasteiger partial charge on any atom is -0.478 e. The molecule has 5 nitrogen and oxygen atoms in total. The Morgan fingerprint density at radius 1 is 1.30 bits per heavy atom. The number of rotatable bonds is 2. The van der Waals surface area contributed by atoms with Gasteiger partial charge in [0.15, 0.2) is 0 Å². The average Bonchev–Trinajstić information content (AvgIpc) is 2.99.